The van der Waals surface area contributed by atoms with E-state index in [-0.39, 0.29) is 43.1 Å². The molecule has 0 unspecified atom stereocenters. The number of para-hydroxylation sites is 2. The van der Waals surface area contributed by atoms with Crippen LogP contribution in [-0.2, 0) is 14.8 Å². The first kappa shape index (κ1) is 18.9. The minimum atomic E-state index is -3.75. The Hall–Kier alpha value is -2.49. The third-order valence-corrected chi connectivity index (χ3v) is 6.84. The van der Waals surface area contributed by atoms with E-state index in [0.29, 0.717) is 18.0 Å². The van der Waals surface area contributed by atoms with Gasteiger partial charge in [-0.2, -0.15) is 4.31 Å². The number of benzene rings is 2. The second-order valence-electron chi connectivity index (χ2n) is 6.80. The van der Waals surface area contributed by atoms with E-state index in [4.69, 9.17) is 4.74 Å². The van der Waals surface area contributed by atoms with Crippen molar-refractivity contribution >= 4 is 21.6 Å². The Morgan fingerprint density at radius 3 is 2.61 bits per heavy atom. The Kier molecular flexibility index (Phi) is 5.05. The van der Waals surface area contributed by atoms with Crippen molar-refractivity contribution in [1.29, 1.82) is 0 Å². The van der Waals surface area contributed by atoms with Crippen LogP contribution in [0.25, 0.3) is 0 Å². The molecule has 1 saturated heterocycles. The van der Waals surface area contributed by atoms with Crippen LogP contribution < -0.4 is 10.1 Å². The van der Waals surface area contributed by atoms with Crippen molar-refractivity contribution in [2.45, 2.75) is 10.9 Å². The van der Waals surface area contributed by atoms with E-state index in [1.165, 1.54) is 16.4 Å². The maximum Gasteiger partial charge on any atom is 0.243 e. The molecule has 1 N–H and O–H groups in total. The summed E-state index contributed by atoms with van der Waals surface area (Å²) in [6, 6.07) is 11.7. The lowest BCUT2D eigenvalue weighted by Crippen LogP contribution is -2.57. The van der Waals surface area contributed by atoms with Crippen LogP contribution in [0.4, 0.5) is 10.1 Å². The smallest absolute Gasteiger partial charge is 0.243 e. The van der Waals surface area contributed by atoms with Crippen molar-refractivity contribution in [3.63, 3.8) is 0 Å². The second-order valence-corrected chi connectivity index (χ2v) is 8.73. The summed E-state index contributed by atoms with van der Waals surface area (Å²) in [6.45, 7) is 1.25. The highest BCUT2D eigenvalue weighted by atomic mass is 32.2. The van der Waals surface area contributed by atoms with Crippen LogP contribution >= 0.6 is 0 Å². The third kappa shape index (κ3) is 3.73. The van der Waals surface area contributed by atoms with Gasteiger partial charge in [0, 0.05) is 19.6 Å². The first-order valence-corrected chi connectivity index (χ1v) is 10.4. The van der Waals surface area contributed by atoms with Gasteiger partial charge in [0.05, 0.1) is 23.2 Å². The van der Waals surface area contributed by atoms with Crippen LogP contribution in [0.2, 0.25) is 0 Å². The van der Waals surface area contributed by atoms with E-state index in [2.05, 4.69) is 5.32 Å². The molecule has 7 nitrogen and oxygen atoms in total. The molecule has 0 spiro atoms. The minimum Gasteiger partial charge on any atom is -0.490 e. The SMILES string of the molecule is O=C1CN2CCN(S(=O)(=O)c3ccc(F)cc3)C[C@@H]2COc2ccccc2N1. The number of rotatable bonds is 2. The van der Waals surface area contributed by atoms with Crippen LogP contribution in [0, 0.1) is 5.82 Å². The molecule has 0 saturated carbocycles. The highest BCUT2D eigenvalue weighted by Crippen LogP contribution is 2.27. The Morgan fingerprint density at radius 1 is 1.07 bits per heavy atom. The minimum absolute atomic E-state index is 0.0504. The van der Waals surface area contributed by atoms with Gasteiger partial charge < -0.3 is 10.1 Å². The molecule has 0 aromatic heterocycles. The first-order chi connectivity index (χ1) is 13.4. The number of amides is 1. The van der Waals surface area contributed by atoms with Gasteiger partial charge >= 0.3 is 0 Å². The molecule has 4 rings (SSSR count). The van der Waals surface area contributed by atoms with Crippen molar-refractivity contribution in [3.8, 4) is 5.75 Å². The number of fused-ring (bicyclic) bond motifs is 2. The molecule has 0 aliphatic carbocycles. The van der Waals surface area contributed by atoms with Crippen LogP contribution in [0.1, 0.15) is 0 Å². The van der Waals surface area contributed by atoms with Gasteiger partial charge in [-0.25, -0.2) is 12.8 Å². The van der Waals surface area contributed by atoms with Crippen molar-refractivity contribution in [2.75, 3.05) is 38.1 Å². The normalized spacial score (nSPS) is 21.3. The van der Waals surface area contributed by atoms with Gasteiger partial charge in [-0.1, -0.05) is 12.1 Å². The number of piperazine rings is 1. The number of hydrogen-bond donors (Lipinski definition) is 1. The molecule has 28 heavy (non-hydrogen) atoms. The first-order valence-electron chi connectivity index (χ1n) is 8.95. The van der Waals surface area contributed by atoms with Gasteiger partial charge in [0.2, 0.25) is 15.9 Å². The van der Waals surface area contributed by atoms with Gasteiger partial charge in [0.15, 0.2) is 0 Å². The Balaban J connectivity index is 1.56. The molecule has 2 aromatic rings. The predicted octanol–water partition coefficient (Wildman–Crippen LogP) is 1.53. The summed E-state index contributed by atoms with van der Waals surface area (Å²) in [5.74, 6) is -0.105. The number of ether oxygens (including phenoxy) is 1. The van der Waals surface area contributed by atoms with Crippen LogP contribution in [-0.4, -0.2) is 62.4 Å². The average Bonchev–Trinajstić information content (AvgIpc) is 2.74. The van der Waals surface area contributed by atoms with Crippen molar-refractivity contribution in [2.24, 2.45) is 0 Å². The molecule has 2 aliphatic rings. The largest absolute Gasteiger partial charge is 0.490 e. The number of sulfonamides is 1. The fourth-order valence-corrected chi connectivity index (χ4v) is 4.93. The van der Waals surface area contributed by atoms with Crippen LogP contribution in [0.5, 0.6) is 5.75 Å². The van der Waals surface area contributed by atoms with E-state index in [9.17, 15) is 17.6 Å². The number of nitrogens with one attached hydrogen (secondary N) is 1. The topological polar surface area (TPSA) is 79.0 Å². The van der Waals surface area contributed by atoms with Gasteiger partial charge in [-0.05, 0) is 36.4 Å². The maximum atomic E-state index is 13.1. The zero-order chi connectivity index (χ0) is 19.7. The van der Waals surface area contributed by atoms with E-state index < -0.39 is 15.8 Å². The summed E-state index contributed by atoms with van der Waals surface area (Å²) < 4.78 is 46.2. The van der Waals surface area contributed by atoms with Crippen molar-refractivity contribution in [3.05, 3.63) is 54.3 Å². The van der Waals surface area contributed by atoms with Gasteiger partial charge in [0.25, 0.3) is 0 Å². The Labute approximate surface area is 162 Å². The van der Waals surface area contributed by atoms with Crippen molar-refractivity contribution < 1.29 is 22.3 Å². The zero-order valence-corrected chi connectivity index (χ0v) is 15.9. The summed E-state index contributed by atoms with van der Waals surface area (Å²) in [5, 5.41) is 2.84. The molecule has 2 aromatic carbocycles. The van der Waals surface area contributed by atoms with Crippen LogP contribution in [0.15, 0.2) is 53.4 Å². The number of carbonyl (C=O) groups is 1. The van der Waals surface area contributed by atoms with E-state index >= 15 is 0 Å². The number of halogens is 1. The Morgan fingerprint density at radius 2 is 1.82 bits per heavy atom. The predicted molar refractivity (Wildman–Crippen MR) is 101 cm³/mol. The monoisotopic (exact) mass is 405 g/mol. The molecule has 2 aliphatic heterocycles. The fraction of sp³-hybridized carbons (Fsp3) is 0.316. The lowest BCUT2D eigenvalue weighted by molar-refractivity contribution is -0.118. The summed E-state index contributed by atoms with van der Waals surface area (Å²) in [6.07, 6.45) is 0. The molecule has 1 amide bonds. The van der Waals surface area contributed by atoms with Gasteiger partial charge in [-0.3, -0.25) is 9.69 Å². The fourth-order valence-electron chi connectivity index (χ4n) is 3.46. The molecule has 1 atom stereocenters. The average molecular weight is 405 g/mol. The summed E-state index contributed by atoms with van der Waals surface area (Å²) in [5.41, 5.74) is 0.600. The molecule has 148 valence electrons. The van der Waals surface area contributed by atoms with E-state index in [1.54, 1.807) is 12.1 Å². The summed E-state index contributed by atoms with van der Waals surface area (Å²) >= 11 is 0. The molecule has 2 heterocycles. The lowest BCUT2D eigenvalue weighted by atomic mass is 10.2. The molecular weight excluding hydrogens is 385 g/mol. The molecule has 0 radical (unpaired) electrons. The number of anilines is 1. The van der Waals surface area contributed by atoms with E-state index in [0.717, 1.165) is 12.1 Å². The number of hydrogen-bond acceptors (Lipinski definition) is 5. The highest BCUT2D eigenvalue weighted by Gasteiger charge is 2.36. The third-order valence-electron chi connectivity index (χ3n) is 4.96. The quantitative estimate of drug-likeness (QED) is 0.820. The molecule has 9 heteroatoms. The van der Waals surface area contributed by atoms with E-state index in [1.807, 2.05) is 17.0 Å². The van der Waals surface area contributed by atoms with Crippen molar-refractivity contribution in [1.82, 2.24) is 9.21 Å². The number of carbonyl (C=O) groups excluding carboxylic acids is 1. The Bertz CT molecular complexity index is 981. The number of nitrogens with zero attached hydrogens (tertiary/aromatic N) is 2. The summed E-state index contributed by atoms with van der Waals surface area (Å²) in [7, 11) is -3.75. The standard InChI is InChI=1S/C19H20FN3O4S/c20-14-5-7-16(8-6-14)28(25,26)23-10-9-22-12-19(24)21-17-3-1-2-4-18(17)27-13-15(22)11-23/h1-8,15H,9-13H2,(H,21,24)/t15-/m1/s1. The second kappa shape index (κ2) is 7.50. The zero-order valence-electron chi connectivity index (χ0n) is 15.0. The van der Waals surface area contributed by atoms with Crippen LogP contribution in [0.3, 0.4) is 0 Å². The molecule has 1 fully saturated rings. The molecule has 0 bridgehead atoms. The summed E-state index contributed by atoms with van der Waals surface area (Å²) in [4.78, 5) is 14.3. The lowest BCUT2D eigenvalue weighted by Gasteiger charge is -2.39. The maximum absolute atomic E-state index is 13.1. The molecular formula is C19H20FN3O4S. The van der Waals surface area contributed by atoms with Gasteiger partial charge in [-0.15, -0.1) is 0 Å². The van der Waals surface area contributed by atoms with Gasteiger partial charge in [0.1, 0.15) is 18.2 Å². The highest BCUT2D eigenvalue weighted by molar-refractivity contribution is 7.89.